The number of urea groups is 1. The van der Waals surface area contributed by atoms with Gasteiger partial charge in [0.2, 0.25) is 27.6 Å². The van der Waals surface area contributed by atoms with Gasteiger partial charge in [0.1, 0.15) is 12.1 Å². The quantitative estimate of drug-likeness (QED) is 0.239. The molecule has 2 fully saturated rings. The molecule has 49 heavy (non-hydrogen) atoms. The third-order valence-corrected chi connectivity index (χ3v) is 13.2. The van der Waals surface area contributed by atoms with Gasteiger partial charge in [-0.05, 0) is 52.9 Å². The van der Waals surface area contributed by atoms with Crippen LogP contribution < -0.4 is 21.7 Å². The van der Waals surface area contributed by atoms with Gasteiger partial charge in [0.15, 0.2) is 0 Å². The van der Waals surface area contributed by atoms with Crippen LogP contribution in [-0.2, 0) is 35.7 Å². The molecule has 13 nitrogen and oxygen atoms in total. The first-order valence-electron chi connectivity index (χ1n) is 17.2. The number of nitrogens with zero attached hydrogens (tertiary/aromatic N) is 2. The Morgan fingerprint density at radius 2 is 1.63 bits per heavy atom. The maximum absolute atomic E-state index is 14.4. The maximum atomic E-state index is 14.4. The lowest BCUT2D eigenvalue weighted by Crippen LogP contribution is -2.62. The summed E-state index contributed by atoms with van der Waals surface area (Å²) in [6.07, 6.45) is 3.69. The molecule has 1 saturated heterocycles. The standard InChI is InChI=1S/C34H54N6O7S2/c1-19(2)21-12-14-40(26(21)30(43)36-22(27(41)29(35)42)16-20-10-9-11-20)31(44)28(34(6,7)8)38-32(45)37-25(33(3,4)5)18-39-17-23-24(13-15-48-23)49(39,46)47/h13,15,19-22,25-26,28H,9-12,14,16-18H2,1-8H3,(H2,35,42)(H,36,43)(H2,37,38,45)/t21-,22?,25-,26+,28-/m1/s1. The molecule has 4 rings (SSSR count). The van der Waals surface area contributed by atoms with Gasteiger partial charge in [-0.15, -0.1) is 11.3 Å². The number of thiophene rings is 1. The predicted molar refractivity (Wildman–Crippen MR) is 187 cm³/mol. The van der Waals surface area contributed by atoms with E-state index in [1.165, 1.54) is 20.5 Å². The molecule has 2 aliphatic heterocycles. The van der Waals surface area contributed by atoms with Crippen LogP contribution in [0, 0.1) is 28.6 Å². The number of carbonyl (C=O) groups is 5. The number of amides is 5. The molecule has 1 aromatic rings. The van der Waals surface area contributed by atoms with E-state index in [1.54, 1.807) is 11.4 Å². The van der Waals surface area contributed by atoms with Crippen molar-refractivity contribution in [3.63, 3.8) is 0 Å². The second-order valence-corrected chi connectivity index (χ2v) is 19.2. The molecule has 0 radical (unpaired) electrons. The molecule has 1 unspecified atom stereocenters. The number of carbonyl (C=O) groups excluding carboxylic acids is 5. The van der Waals surface area contributed by atoms with E-state index in [4.69, 9.17) is 5.73 Å². The van der Waals surface area contributed by atoms with Gasteiger partial charge in [-0.3, -0.25) is 19.2 Å². The molecule has 5 N–H and O–H groups in total. The van der Waals surface area contributed by atoms with Crippen molar-refractivity contribution in [2.45, 2.75) is 123 Å². The van der Waals surface area contributed by atoms with Crippen LogP contribution in [0.25, 0.3) is 0 Å². The van der Waals surface area contributed by atoms with Crippen LogP contribution in [0.4, 0.5) is 4.79 Å². The van der Waals surface area contributed by atoms with Crippen molar-refractivity contribution >= 4 is 50.9 Å². The van der Waals surface area contributed by atoms with Crippen molar-refractivity contribution in [3.05, 3.63) is 16.3 Å². The van der Waals surface area contributed by atoms with Crippen molar-refractivity contribution < 1.29 is 32.4 Å². The number of hydrogen-bond acceptors (Lipinski definition) is 8. The maximum Gasteiger partial charge on any atom is 0.315 e. The highest BCUT2D eigenvalue weighted by molar-refractivity contribution is 7.89. The fraction of sp³-hybridized carbons (Fsp3) is 0.735. The Bertz CT molecular complexity index is 1540. The number of nitrogens with two attached hydrogens (primary N) is 1. The molecule has 15 heteroatoms. The largest absolute Gasteiger partial charge is 0.363 e. The van der Waals surface area contributed by atoms with Crippen LogP contribution in [-0.4, -0.2) is 84.4 Å². The van der Waals surface area contributed by atoms with Crippen molar-refractivity contribution in [3.8, 4) is 0 Å². The number of nitrogens with one attached hydrogen (secondary N) is 3. The average Bonchev–Trinajstić information content (AvgIpc) is 3.67. The fourth-order valence-corrected chi connectivity index (χ4v) is 9.85. The minimum atomic E-state index is -3.69. The van der Waals surface area contributed by atoms with Gasteiger partial charge >= 0.3 is 6.03 Å². The van der Waals surface area contributed by atoms with E-state index in [9.17, 15) is 32.4 Å². The molecule has 1 aromatic heterocycles. The third kappa shape index (κ3) is 8.65. The second kappa shape index (κ2) is 14.7. The second-order valence-electron chi connectivity index (χ2n) is 16.3. The SMILES string of the molecule is CC(C)[C@H]1CCN(C(=O)[C@@H](NC(=O)N[C@H](CN2Cc3sccc3S2(=O)=O)C(C)(C)C)C(C)(C)C)[C@@H]1C(=O)NC(CC1CCC1)C(=O)C(N)=O. The van der Waals surface area contributed by atoms with Gasteiger partial charge in [0, 0.05) is 30.6 Å². The zero-order valence-corrected chi connectivity index (χ0v) is 31.6. The first-order valence-corrected chi connectivity index (χ1v) is 19.5. The Morgan fingerprint density at radius 3 is 2.14 bits per heavy atom. The van der Waals surface area contributed by atoms with Crippen LogP contribution in [0.2, 0.25) is 0 Å². The zero-order valence-electron chi connectivity index (χ0n) is 30.0. The Labute approximate surface area is 294 Å². The van der Waals surface area contributed by atoms with Gasteiger partial charge < -0.3 is 26.6 Å². The highest BCUT2D eigenvalue weighted by Gasteiger charge is 2.48. The van der Waals surface area contributed by atoms with Crippen LogP contribution in [0.15, 0.2) is 16.3 Å². The van der Waals surface area contributed by atoms with Crippen molar-refractivity contribution in [2.75, 3.05) is 13.1 Å². The normalized spacial score (nSPS) is 22.9. The number of likely N-dealkylation sites (tertiary alicyclic amines) is 1. The highest BCUT2D eigenvalue weighted by Crippen LogP contribution is 2.37. The summed E-state index contributed by atoms with van der Waals surface area (Å²) < 4.78 is 27.7. The van der Waals surface area contributed by atoms with Gasteiger partial charge in [0.25, 0.3) is 5.91 Å². The topological polar surface area (TPSA) is 188 Å². The van der Waals surface area contributed by atoms with E-state index in [1.807, 2.05) is 55.4 Å². The molecule has 3 heterocycles. The number of sulfonamides is 1. The van der Waals surface area contributed by atoms with E-state index in [0.29, 0.717) is 17.7 Å². The summed E-state index contributed by atoms with van der Waals surface area (Å²) in [5, 5.41) is 10.3. The van der Waals surface area contributed by atoms with Crippen LogP contribution >= 0.6 is 11.3 Å². The summed E-state index contributed by atoms with van der Waals surface area (Å²) in [5.74, 6) is -2.92. The van der Waals surface area contributed by atoms with Crippen molar-refractivity contribution in [1.82, 2.24) is 25.2 Å². The van der Waals surface area contributed by atoms with Gasteiger partial charge in [-0.1, -0.05) is 74.7 Å². The van der Waals surface area contributed by atoms with E-state index in [0.717, 1.165) is 24.1 Å². The number of Topliss-reactive ketones (excluding diaryl/α,β-unsaturated/α-hetero) is 1. The molecule has 0 bridgehead atoms. The molecule has 5 amide bonds. The summed E-state index contributed by atoms with van der Waals surface area (Å²) >= 11 is 1.38. The Morgan fingerprint density at radius 1 is 0.980 bits per heavy atom. The zero-order chi connectivity index (χ0) is 36.6. The summed E-state index contributed by atoms with van der Waals surface area (Å²) in [4.78, 5) is 69.2. The van der Waals surface area contributed by atoms with Crippen LogP contribution in [0.1, 0.15) is 92.4 Å². The lowest BCUT2D eigenvalue weighted by Gasteiger charge is -2.38. The summed E-state index contributed by atoms with van der Waals surface area (Å²) in [6.45, 7) is 15.7. The monoisotopic (exact) mass is 722 g/mol. The summed E-state index contributed by atoms with van der Waals surface area (Å²) in [7, 11) is -3.69. The van der Waals surface area contributed by atoms with Gasteiger partial charge in [-0.2, -0.15) is 4.31 Å². The smallest absolute Gasteiger partial charge is 0.315 e. The summed E-state index contributed by atoms with van der Waals surface area (Å²) in [6, 6.07) is -2.67. The first-order chi connectivity index (χ1) is 22.6. The lowest BCUT2D eigenvalue weighted by atomic mass is 9.80. The average molecular weight is 723 g/mol. The lowest BCUT2D eigenvalue weighted by molar-refractivity contribution is -0.144. The molecule has 274 valence electrons. The Kier molecular flexibility index (Phi) is 11.6. The minimum absolute atomic E-state index is 0.0222. The Hall–Kier alpha value is -3.04. The molecular weight excluding hydrogens is 669 g/mol. The molecule has 5 atom stereocenters. The van der Waals surface area contributed by atoms with E-state index >= 15 is 0 Å². The van der Waals surface area contributed by atoms with E-state index < -0.39 is 74.6 Å². The predicted octanol–water partition coefficient (Wildman–Crippen LogP) is 2.98. The van der Waals surface area contributed by atoms with Crippen molar-refractivity contribution in [1.29, 1.82) is 0 Å². The number of rotatable bonds is 12. The first kappa shape index (κ1) is 38.8. The molecular formula is C34H54N6O7S2. The van der Waals surface area contributed by atoms with Crippen LogP contribution in [0.3, 0.4) is 0 Å². The number of hydrogen-bond donors (Lipinski definition) is 4. The van der Waals surface area contributed by atoms with Gasteiger partial charge in [0.05, 0.1) is 10.9 Å². The third-order valence-electron chi connectivity index (χ3n) is 10.3. The summed E-state index contributed by atoms with van der Waals surface area (Å²) in [5.41, 5.74) is 4.03. The highest BCUT2D eigenvalue weighted by atomic mass is 32.2. The van der Waals surface area contributed by atoms with Crippen molar-refractivity contribution in [2.24, 2.45) is 34.3 Å². The van der Waals surface area contributed by atoms with Gasteiger partial charge in [-0.25, -0.2) is 13.2 Å². The molecule has 1 saturated carbocycles. The number of fused-ring (bicyclic) bond motifs is 1. The molecule has 3 aliphatic rings. The number of ketones is 1. The fourth-order valence-electron chi connectivity index (χ4n) is 6.93. The molecule has 1 aliphatic carbocycles. The van der Waals surface area contributed by atoms with E-state index in [2.05, 4.69) is 16.0 Å². The number of primary amides is 1. The molecule has 0 spiro atoms. The van der Waals surface area contributed by atoms with Crippen LogP contribution in [0.5, 0.6) is 0 Å². The molecule has 0 aromatic carbocycles. The Balaban J connectivity index is 1.53. The van der Waals surface area contributed by atoms with E-state index in [-0.39, 0.29) is 37.4 Å². The minimum Gasteiger partial charge on any atom is -0.363 e.